The maximum Gasteiger partial charge on any atom is 0.220 e. The van der Waals surface area contributed by atoms with Crippen molar-refractivity contribution in [2.24, 2.45) is 0 Å². The fourth-order valence-electron chi connectivity index (χ4n) is 4.06. The molecule has 3 nitrogen and oxygen atoms in total. The van der Waals surface area contributed by atoms with Crippen LogP contribution in [-0.2, 0) is 24.2 Å². The quantitative estimate of drug-likeness (QED) is 0.403. The Morgan fingerprint density at radius 2 is 1.58 bits per heavy atom. The van der Waals surface area contributed by atoms with Crippen molar-refractivity contribution >= 4 is 16.8 Å². The van der Waals surface area contributed by atoms with Crippen molar-refractivity contribution < 1.29 is 4.79 Å². The SMILES string of the molecule is Cc1ccc(CCNC(=O)CCc2cn(Cc3ccccc3C)c3ccccc23)cc1. The van der Waals surface area contributed by atoms with Gasteiger partial charge in [-0.3, -0.25) is 4.79 Å². The zero-order chi connectivity index (χ0) is 21.6. The average molecular weight is 411 g/mol. The lowest BCUT2D eigenvalue weighted by atomic mass is 10.1. The predicted molar refractivity (Wildman–Crippen MR) is 128 cm³/mol. The number of aromatic nitrogens is 1. The van der Waals surface area contributed by atoms with Crippen LogP contribution in [0, 0.1) is 13.8 Å². The summed E-state index contributed by atoms with van der Waals surface area (Å²) in [4.78, 5) is 12.4. The minimum atomic E-state index is 0.114. The summed E-state index contributed by atoms with van der Waals surface area (Å²) in [6.07, 6.45) is 4.34. The number of rotatable bonds is 8. The van der Waals surface area contributed by atoms with Gasteiger partial charge < -0.3 is 9.88 Å². The van der Waals surface area contributed by atoms with Crippen molar-refractivity contribution in [1.29, 1.82) is 0 Å². The number of para-hydroxylation sites is 1. The van der Waals surface area contributed by atoms with Gasteiger partial charge >= 0.3 is 0 Å². The summed E-state index contributed by atoms with van der Waals surface area (Å²) >= 11 is 0. The molecule has 3 aromatic carbocycles. The molecule has 0 bridgehead atoms. The van der Waals surface area contributed by atoms with Crippen LogP contribution in [0.25, 0.3) is 10.9 Å². The van der Waals surface area contributed by atoms with Gasteiger partial charge in [-0.1, -0.05) is 72.3 Å². The third kappa shape index (κ3) is 5.24. The number of fused-ring (bicyclic) bond motifs is 1. The van der Waals surface area contributed by atoms with Gasteiger partial charge in [0.25, 0.3) is 0 Å². The molecular formula is C28H30N2O. The van der Waals surface area contributed by atoms with Crippen LogP contribution in [0.2, 0.25) is 0 Å². The fourth-order valence-corrected chi connectivity index (χ4v) is 4.06. The molecule has 0 aliphatic carbocycles. The molecule has 1 N–H and O–H groups in total. The minimum absolute atomic E-state index is 0.114. The van der Waals surface area contributed by atoms with Crippen LogP contribution in [0.3, 0.4) is 0 Å². The third-order valence-electron chi connectivity index (χ3n) is 5.95. The molecule has 4 aromatic rings. The molecule has 4 rings (SSSR count). The van der Waals surface area contributed by atoms with Crippen LogP contribution in [0.4, 0.5) is 0 Å². The van der Waals surface area contributed by atoms with Crippen molar-refractivity contribution in [2.75, 3.05) is 6.54 Å². The zero-order valence-corrected chi connectivity index (χ0v) is 18.4. The standard InChI is InChI=1S/C28H30N2O/c1-21-11-13-23(14-12-21)17-18-29-28(31)16-15-25-20-30(27-10-6-5-9-26(25)27)19-24-8-4-3-7-22(24)2/h3-14,20H,15-19H2,1-2H3,(H,29,31). The molecule has 0 aliphatic rings. The van der Waals surface area contributed by atoms with Crippen molar-refractivity contribution in [3.05, 3.63) is 107 Å². The maximum atomic E-state index is 12.4. The number of amides is 1. The molecule has 0 saturated heterocycles. The van der Waals surface area contributed by atoms with E-state index in [2.05, 4.69) is 103 Å². The highest BCUT2D eigenvalue weighted by molar-refractivity contribution is 5.85. The maximum absolute atomic E-state index is 12.4. The van der Waals surface area contributed by atoms with E-state index in [1.165, 1.54) is 38.7 Å². The smallest absolute Gasteiger partial charge is 0.220 e. The van der Waals surface area contributed by atoms with Gasteiger partial charge in [0.05, 0.1) is 0 Å². The Hall–Kier alpha value is -3.33. The summed E-state index contributed by atoms with van der Waals surface area (Å²) in [5, 5.41) is 4.31. The van der Waals surface area contributed by atoms with E-state index in [0.29, 0.717) is 13.0 Å². The molecule has 0 spiro atoms. The summed E-state index contributed by atoms with van der Waals surface area (Å²) in [6.45, 7) is 5.76. The second-order valence-electron chi connectivity index (χ2n) is 8.31. The number of carbonyl (C=O) groups excluding carboxylic acids is 1. The molecule has 1 aromatic heterocycles. The molecule has 0 fully saturated rings. The van der Waals surface area contributed by atoms with E-state index in [-0.39, 0.29) is 5.91 Å². The molecule has 3 heteroatoms. The molecule has 0 saturated carbocycles. The number of aryl methyl sites for hydroxylation is 3. The second-order valence-corrected chi connectivity index (χ2v) is 8.31. The number of nitrogens with zero attached hydrogens (tertiary/aromatic N) is 1. The number of carbonyl (C=O) groups is 1. The van der Waals surface area contributed by atoms with Gasteiger partial charge in [-0.05, 0) is 55.0 Å². The van der Waals surface area contributed by atoms with Gasteiger partial charge in [0.1, 0.15) is 0 Å². The summed E-state index contributed by atoms with van der Waals surface area (Å²) in [5.74, 6) is 0.114. The highest BCUT2D eigenvalue weighted by atomic mass is 16.1. The van der Waals surface area contributed by atoms with E-state index in [1.807, 2.05) is 0 Å². The number of nitrogens with one attached hydrogen (secondary N) is 1. The van der Waals surface area contributed by atoms with Crippen LogP contribution in [0.15, 0.2) is 79.0 Å². The summed E-state index contributed by atoms with van der Waals surface area (Å²) < 4.78 is 2.31. The van der Waals surface area contributed by atoms with Gasteiger partial charge in [-0.2, -0.15) is 0 Å². The largest absolute Gasteiger partial charge is 0.356 e. The topological polar surface area (TPSA) is 34.0 Å². The molecule has 1 amide bonds. The van der Waals surface area contributed by atoms with E-state index in [9.17, 15) is 4.79 Å². The second kappa shape index (κ2) is 9.65. The number of hydrogen-bond donors (Lipinski definition) is 1. The lowest BCUT2D eigenvalue weighted by Crippen LogP contribution is -2.25. The summed E-state index contributed by atoms with van der Waals surface area (Å²) in [5.41, 5.74) is 7.59. The molecule has 0 aliphatic heterocycles. The first kappa shape index (κ1) is 20.9. The first-order chi connectivity index (χ1) is 15.1. The normalized spacial score (nSPS) is 11.0. The summed E-state index contributed by atoms with van der Waals surface area (Å²) in [6, 6.07) is 25.5. The predicted octanol–water partition coefficient (Wildman–Crippen LogP) is 5.60. The van der Waals surface area contributed by atoms with Gasteiger partial charge in [-0.15, -0.1) is 0 Å². The average Bonchev–Trinajstić information content (AvgIpc) is 3.13. The molecule has 31 heavy (non-hydrogen) atoms. The van der Waals surface area contributed by atoms with E-state index >= 15 is 0 Å². The summed E-state index contributed by atoms with van der Waals surface area (Å²) in [7, 11) is 0. The highest BCUT2D eigenvalue weighted by Gasteiger charge is 2.11. The van der Waals surface area contributed by atoms with Crippen LogP contribution < -0.4 is 5.32 Å². The first-order valence-electron chi connectivity index (χ1n) is 11.0. The molecule has 0 unspecified atom stereocenters. The van der Waals surface area contributed by atoms with Gasteiger partial charge in [0.2, 0.25) is 5.91 Å². The van der Waals surface area contributed by atoms with Crippen LogP contribution in [-0.4, -0.2) is 17.0 Å². The number of benzene rings is 3. The van der Waals surface area contributed by atoms with Gasteiger partial charge in [0, 0.05) is 36.6 Å². The highest BCUT2D eigenvalue weighted by Crippen LogP contribution is 2.24. The third-order valence-corrected chi connectivity index (χ3v) is 5.95. The molecule has 1 heterocycles. The number of hydrogen-bond acceptors (Lipinski definition) is 1. The van der Waals surface area contributed by atoms with Crippen LogP contribution in [0.5, 0.6) is 0 Å². The lowest BCUT2D eigenvalue weighted by molar-refractivity contribution is -0.121. The van der Waals surface area contributed by atoms with E-state index < -0.39 is 0 Å². The van der Waals surface area contributed by atoms with Crippen molar-refractivity contribution in [2.45, 2.75) is 39.7 Å². The van der Waals surface area contributed by atoms with E-state index in [4.69, 9.17) is 0 Å². The lowest BCUT2D eigenvalue weighted by Gasteiger charge is -2.08. The van der Waals surface area contributed by atoms with Crippen LogP contribution >= 0.6 is 0 Å². The molecule has 0 atom stereocenters. The van der Waals surface area contributed by atoms with Crippen LogP contribution in [0.1, 0.15) is 34.2 Å². The Balaban J connectivity index is 1.38. The zero-order valence-electron chi connectivity index (χ0n) is 18.4. The Labute approximate surface area is 184 Å². The Morgan fingerprint density at radius 1 is 0.839 bits per heavy atom. The van der Waals surface area contributed by atoms with Crippen molar-refractivity contribution in [3.8, 4) is 0 Å². The first-order valence-corrected chi connectivity index (χ1v) is 11.0. The monoisotopic (exact) mass is 410 g/mol. The minimum Gasteiger partial charge on any atom is -0.356 e. The van der Waals surface area contributed by atoms with Crippen molar-refractivity contribution in [3.63, 3.8) is 0 Å². The van der Waals surface area contributed by atoms with E-state index in [0.717, 1.165) is 19.4 Å². The Bertz CT molecular complexity index is 1170. The Kier molecular flexibility index (Phi) is 6.51. The van der Waals surface area contributed by atoms with Crippen molar-refractivity contribution in [1.82, 2.24) is 9.88 Å². The molecule has 0 radical (unpaired) electrons. The Morgan fingerprint density at radius 3 is 2.39 bits per heavy atom. The molecule has 158 valence electrons. The van der Waals surface area contributed by atoms with E-state index in [1.54, 1.807) is 0 Å². The fraction of sp³-hybridized carbons (Fsp3) is 0.250. The van der Waals surface area contributed by atoms with Gasteiger partial charge in [0.15, 0.2) is 0 Å². The molecular weight excluding hydrogens is 380 g/mol. The van der Waals surface area contributed by atoms with Gasteiger partial charge in [-0.25, -0.2) is 0 Å².